The van der Waals surface area contributed by atoms with Crippen molar-refractivity contribution in [2.75, 3.05) is 0 Å². The number of hydrogen-bond acceptors (Lipinski definition) is 1. The molecule has 1 aromatic heterocycles. The summed E-state index contributed by atoms with van der Waals surface area (Å²) in [5.41, 5.74) is 3.63. The number of nitrogens with two attached hydrogens (primary N) is 1. The lowest BCUT2D eigenvalue weighted by Crippen LogP contribution is -2.70. The van der Waals surface area contributed by atoms with Crippen LogP contribution >= 0.6 is 22.6 Å². The van der Waals surface area contributed by atoms with E-state index in [0.717, 1.165) is 5.82 Å². The molecule has 0 saturated carbocycles. The van der Waals surface area contributed by atoms with Crippen LogP contribution in [0.2, 0.25) is 0 Å². The number of aromatic nitrogens is 1. The van der Waals surface area contributed by atoms with Crippen molar-refractivity contribution in [1.82, 2.24) is 4.98 Å². The van der Waals surface area contributed by atoms with Crippen LogP contribution in [0, 0.1) is 0 Å². The summed E-state index contributed by atoms with van der Waals surface area (Å²) in [5, 5.41) is 2.06. The molecule has 1 aliphatic rings. The molecule has 0 fully saturated rings. The van der Waals surface area contributed by atoms with Gasteiger partial charge in [0.25, 0.3) is 0 Å². The Morgan fingerprint density at radius 3 is 2.69 bits per heavy atom. The fourth-order valence-electron chi connectivity index (χ4n) is 1.83. The molecule has 0 aliphatic carbocycles. The first-order valence-corrected chi connectivity index (χ1v) is 6.19. The molecule has 0 spiro atoms. The average molecular weight is 321 g/mol. The van der Waals surface area contributed by atoms with E-state index in [1.54, 1.807) is 0 Å². The Morgan fingerprint density at radius 1 is 1.06 bits per heavy atom. The van der Waals surface area contributed by atoms with Gasteiger partial charge in [0.05, 0.1) is 9.14 Å². The van der Waals surface area contributed by atoms with Crippen LogP contribution in [-0.2, 0) is 0 Å². The third kappa shape index (κ3) is 1.66. The van der Waals surface area contributed by atoms with Crippen LogP contribution in [0.15, 0.2) is 48.8 Å². The molecule has 78 valence electrons. The van der Waals surface area contributed by atoms with Crippen LogP contribution < -0.4 is 5.32 Å². The Morgan fingerprint density at radius 2 is 1.88 bits per heavy atom. The van der Waals surface area contributed by atoms with Gasteiger partial charge >= 0.3 is 0 Å². The number of benzene rings is 1. The van der Waals surface area contributed by atoms with E-state index >= 15 is 0 Å². The summed E-state index contributed by atoms with van der Waals surface area (Å²) in [4.78, 5) is 4.47. The summed E-state index contributed by atoms with van der Waals surface area (Å²) in [6.45, 7) is 0. The van der Waals surface area contributed by atoms with Crippen LogP contribution in [0.4, 0.5) is 5.82 Å². The Kier molecular flexibility index (Phi) is 2.49. The zero-order valence-corrected chi connectivity index (χ0v) is 10.7. The number of halogens is 1. The summed E-state index contributed by atoms with van der Waals surface area (Å²) in [6, 6.07) is 12.6. The Bertz CT molecular complexity index is 561. The minimum atomic E-state index is 1.07. The predicted octanol–water partition coefficient (Wildman–Crippen LogP) is 2.69. The molecule has 3 heteroatoms. The lowest BCUT2D eigenvalue weighted by Gasteiger charge is -2.02. The molecule has 3 rings (SSSR count). The lowest BCUT2D eigenvalue weighted by molar-refractivity contribution is -0.495. The van der Waals surface area contributed by atoms with Gasteiger partial charge in [-0.05, 0) is 34.2 Å². The first-order valence-electron chi connectivity index (χ1n) is 5.11. The van der Waals surface area contributed by atoms with E-state index in [2.05, 4.69) is 69.4 Å². The maximum Gasteiger partial charge on any atom is 0.237 e. The zero-order chi connectivity index (χ0) is 11.0. The molecule has 0 radical (unpaired) electrons. The van der Waals surface area contributed by atoms with E-state index < -0.39 is 0 Å². The molecule has 1 aromatic carbocycles. The molecule has 2 heterocycles. The minimum absolute atomic E-state index is 1.07. The summed E-state index contributed by atoms with van der Waals surface area (Å²) in [6.07, 6.45) is 4.04. The first-order chi connectivity index (χ1) is 7.84. The molecule has 0 bridgehead atoms. The van der Waals surface area contributed by atoms with Crippen LogP contribution in [0.25, 0.3) is 14.7 Å². The van der Waals surface area contributed by atoms with Crippen molar-refractivity contribution in [3.63, 3.8) is 0 Å². The van der Waals surface area contributed by atoms with Gasteiger partial charge in [0.15, 0.2) is 0 Å². The van der Waals surface area contributed by atoms with Crippen molar-refractivity contribution >= 4 is 32.0 Å². The Balaban J connectivity index is 2.11. The smallest absolute Gasteiger partial charge is 0.237 e. The van der Waals surface area contributed by atoms with E-state index in [-0.39, 0.29) is 0 Å². The van der Waals surface area contributed by atoms with Gasteiger partial charge < -0.3 is 0 Å². The summed E-state index contributed by atoms with van der Waals surface area (Å²) in [5.74, 6) is 1.07. The monoisotopic (exact) mass is 321 g/mol. The lowest BCUT2D eigenvalue weighted by atomic mass is 10.1. The maximum atomic E-state index is 4.47. The van der Waals surface area contributed by atoms with Gasteiger partial charge in [-0.25, -0.2) is 4.98 Å². The molecule has 1 aliphatic heterocycles. The molecule has 16 heavy (non-hydrogen) atoms. The fourth-order valence-corrected chi connectivity index (χ4v) is 2.44. The van der Waals surface area contributed by atoms with Gasteiger partial charge in [-0.2, -0.15) is 0 Å². The second-order valence-electron chi connectivity index (χ2n) is 3.70. The topological polar surface area (TPSA) is 29.5 Å². The first kappa shape index (κ1) is 9.99. The minimum Gasteiger partial charge on any atom is -0.270 e. The van der Waals surface area contributed by atoms with E-state index in [4.69, 9.17) is 0 Å². The average Bonchev–Trinajstić information content (AvgIpc) is 2.72. The molecular weight excluding hydrogens is 311 g/mol. The zero-order valence-electron chi connectivity index (χ0n) is 8.52. The second-order valence-corrected chi connectivity index (χ2v) is 4.87. The van der Waals surface area contributed by atoms with Crippen molar-refractivity contribution in [3.05, 3.63) is 54.4 Å². The standard InChI is InChI=1S/C13H9IN2/c14-12-8-16-13-11(12)6-10(7-15-13)9-4-2-1-3-5-9/h1-8H,(H,15,16)/p+1. The molecule has 0 amide bonds. The van der Waals surface area contributed by atoms with Crippen LogP contribution in [0.3, 0.4) is 0 Å². The SMILES string of the molecule is IC1=C[NH2+]c2ncc(-c3ccccc3)cc21. The van der Waals surface area contributed by atoms with E-state index in [9.17, 15) is 0 Å². The Labute approximate surface area is 108 Å². The van der Waals surface area contributed by atoms with Gasteiger partial charge in [-0.1, -0.05) is 30.3 Å². The molecule has 2 aromatic rings. The summed E-state index contributed by atoms with van der Waals surface area (Å²) >= 11 is 2.35. The third-order valence-corrected chi connectivity index (χ3v) is 3.61. The highest BCUT2D eigenvalue weighted by atomic mass is 127. The summed E-state index contributed by atoms with van der Waals surface area (Å²) in [7, 11) is 0. The number of pyridine rings is 1. The van der Waals surface area contributed by atoms with Gasteiger partial charge in [-0.3, -0.25) is 5.32 Å². The summed E-state index contributed by atoms with van der Waals surface area (Å²) < 4.78 is 1.26. The van der Waals surface area contributed by atoms with Crippen LogP contribution in [0.5, 0.6) is 0 Å². The van der Waals surface area contributed by atoms with Crippen molar-refractivity contribution in [2.24, 2.45) is 0 Å². The largest absolute Gasteiger partial charge is 0.270 e. The highest BCUT2D eigenvalue weighted by Gasteiger charge is 2.18. The number of nitrogens with zero attached hydrogens (tertiary/aromatic N) is 1. The van der Waals surface area contributed by atoms with Gasteiger partial charge in [0, 0.05) is 11.8 Å². The highest BCUT2D eigenvalue weighted by molar-refractivity contribution is 14.1. The van der Waals surface area contributed by atoms with Crippen LogP contribution in [0.1, 0.15) is 5.56 Å². The normalized spacial score (nSPS) is 13.4. The molecular formula is C13H10IN2+. The fraction of sp³-hybridized carbons (Fsp3) is 0. The number of fused-ring (bicyclic) bond motifs is 1. The second kappa shape index (κ2) is 3.99. The van der Waals surface area contributed by atoms with Gasteiger partial charge in [0.1, 0.15) is 6.20 Å². The van der Waals surface area contributed by atoms with Crippen molar-refractivity contribution in [2.45, 2.75) is 0 Å². The number of rotatable bonds is 1. The number of quaternary nitrogens is 1. The molecule has 0 saturated heterocycles. The van der Waals surface area contributed by atoms with Crippen LogP contribution in [-0.4, -0.2) is 4.98 Å². The quantitative estimate of drug-likeness (QED) is 0.804. The predicted molar refractivity (Wildman–Crippen MR) is 73.3 cm³/mol. The van der Waals surface area contributed by atoms with E-state index in [1.165, 1.54) is 20.3 Å². The highest BCUT2D eigenvalue weighted by Crippen LogP contribution is 2.31. The van der Waals surface area contributed by atoms with Crippen molar-refractivity contribution in [1.29, 1.82) is 0 Å². The third-order valence-electron chi connectivity index (χ3n) is 2.67. The maximum absolute atomic E-state index is 4.47. The van der Waals surface area contributed by atoms with Crippen molar-refractivity contribution < 1.29 is 5.32 Å². The van der Waals surface area contributed by atoms with E-state index in [0.29, 0.717) is 0 Å². The molecule has 0 atom stereocenters. The molecule has 2 N–H and O–H groups in total. The van der Waals surface area contributed by atoms with Gasteiger partial charge in [-0.15, -0.1) is 0 Å². The van der Waals surface area contributed by atoms with Crippen molar-refractivity contribution in [3.8, 4) is 11.1 Å². The van der Waals surface area contributed by atoms with Gasteiger partial charge in [0.2, 0.25) is 5.82 Å². The van der Waals surface area contributed by atoms with E-state index in [1.807, 2.05) is 12.3 Å². The Hall–Kier alpha value is -1.20. The number of hydrogen-bond donors (Lipinski definition) is 1. The molecule has 2 nitrogen and oxygen atoms in total. The molecule has 0 unspecified atom stereocenters.